The van der Waals surface area contributed by atoms with Gasteiger partial charge < -0.3 is 20.4 Å². The van der Waals surface area contributed by atoms with Gasteiger partial charge in [0, 0.05) is 54.2 Å². The van der Waals surface area contributed by atoms with Crippen molar-refractivity contribution in [3.8, 4) is 11.4 Å². The minimum Gasteiger partial charge on any atom is -0.338 e. The van der Waals surface area contributed by atoms with Gasteiger partial charge in [-0.15, -0.1) is 0 Å². The van der Waals surface area contributed by atoms with Crippen LogP contribution in [0, 0.1) is 5.82 Å². The summed E-state index contributed by atoms with van der Waals surface area (Å²) in [6.45, 7) is 3.18. The molecule has 2 aromatic heterocycles. The van der Waals surface area contributed by atoms with Gasteiger partial charge in [0.2, 0.25) is 11.9 Å². The number of pyridine rings is 1. The van der Waals surface area contributed by atoms with Crippen molar-refractivity contribution in [2.75, 3.05) is 48.8 Å². The molecule has 4 aromatic rings. The molecule has 0 aliphatic carbocycles. The molecule has 188 valence electrons. The van der Waals surface area contributed by atoms with Crippen molar-refractivity contribution in [3.05, 3.63) is 83.3 Å². The summed E-state index contributed by atoms with van der Waals surface area (Å²) >= 11 is 6.09. The highest BCUT2D eigenvalue weighted by Crippen LogP contribution is 2.25. The number of piperazine rings is 1. The van der Waals surface area contributed by atoms with Crippen molar-refractivity contribution in [2.24, 2.45) is 0 Å². The van der Waals surface area contributed by atoms with Crippen LogP contribution in [0.15, 0.2) is 66.9 Å². The van der Waals surface area contributed by atoms with Crippen LogP contribution in [0.2, 0.25) is 5.02 Å². The number of carbonyl (C=O) groups excluding carboxylic acids is 1. The second kappa shape index (κ2) is 10.9. The number of carbonyl (C=O) groups is 1. The number of hydrogen-bond acceptors (Lipinski definition) is 8. The third-order valence-corrected chi connectivity index (χ3v) is 6.04. The zero-order valence-corrected chi connectivity index (χ0v) is 20.8. The first-order valence-electron chi connectivity index (χ1n) is 11.7. The van der Waals surface area contributed by atoms with Crippen LogP contribution in [0.5, 0.6) is 0 Å². The number of nitrogens with one attached hydrogen (secondary N) is 2. The van der Waals surface area contributed by atoms with E-state index >= 15 is 0 Å². The molecule has 0 saturated carbocycles. The Hall–Kier alpha value is -4.15. The fraction of sp³-hybridized carbons (Fsp3) is 0.192. The van der Waals surface area contributed by atoms with Crippen molar-refractivity contribution in [2.45, 2.75) is 0 Å². The summed E-state index contributed by atoms with van der Waals surface area (Å²) in [7, 11) is 2.06. The summed E-state index contributed by atoms with van der Waals surface area (Å²) < 4.78 is 14.1. The lowest BCUT2D eigenvalue weighted by Crippen LogP contribution is -2.45. The third kappa shape index (κ3) is 6.16. The van der Waals surface area contributed by atoms with Gasteiger partial charge in [-0.3, -0.25) is 4.79 Å². The molecule has 0 spiro atoms. The maximum atomic E-state index is 14.1. The molecule has 9 nitrogen and oxygen atoms in total. The molecule has 0 bridgehead atoms. The molecule has 1 amide bonds. The van der Waals surface area contributed by atoms with Crippen LogP contribution >= 0.6 is 11.6 Å². The van der Waals surface area contributed by atoms with E-state index in [9.17, 15) is 9.18 Å². The number of para-hydroxylation sites is 1. The smallest absolute Gasteiger partial charge is 0.255 e. The number of halogens is 2. The van der Waals surface area contributed by atoms with E-state index in [0.717, 1.165) is 26.2 Å². The summed E-state index contributed by atoms with van der Waals surface area (Å²) in [6.07, 6.45) is 1.53. The van der Waals surface area contributed by atoms with Gasteiger partial charge in [-0.25, -0.2) is 9.37 Å². The first kappa shape index (κ1) is 24.5. The SMILES string of the molecule is CN1CCN(c2nc(Nc3cc(C(=O)Nc4ccccc4)ccn3)nc(-c3cc(F)cc(Cl)c3)n2)CC1. The van der Waals surface area contributed by atoms with Crippen LogP contribution in [0.1, 0.15) is 10.4 Å². The predicted molar refractivity (Wildman–Crippen MR) is 142 cm³/mol. The molecule has 1 aliphatic heterocycles. The summed E-state index contributed by atoms with van der Waals surface area (Å²) in [6, 6.07) is 16.6. The molecule has 5 rings (SSSR count). The number of amides is 1. The molecule has 1 aliphatic rings. The second-order valence-electron chi connectivity index (χ2n) is 8.61. The summed E-state index contributed by atoms with van der Waals surface area (Å²) in [5.41, 5.74) is 1.52. The maximum Gasteiger partial charge on any atom is 0.255 e. The van der Waals surface area contributed by atoms with Crippen molar-refractivity contribution < 1.29 is 9.18 Å². The topological polar surface area (TPSA) is 99.2 Å². The number of benzene rings is 2. The quantitative estimate of drug-likeness (QED) is 0.385. The van der Waals surface area contributed by atoms with Crippen LogP contribution in [0.4, 0.5) is 27.8 Å². The summed E-state index contributed by atoms with van der Waals surface area (Å²) in [5, 5.41) is 6.17. The molecule has 2 aromatic carbocycles. The molecular formula is C26H24ClFN8O. The highest BCUT2D eigenvalue weighted by molar-refractivity contribution is 6.30. The van der Waals surface area contributed by atoms with E-state index in [-0.39, 0.29) is 22.7 Å². The van der Waals surface area contributed by atoms with Gasteiger partial charge in [-0.1, -0.05) is 29.8 Å². The fourth-order valence-electron chi connectivity index (χ4n) is 3.86. The zero-order chi connectivity index (χ0) is 25.8. The van der Waals surface area contributed by atoms with Crippen LogP contribution in [0.3, 0.4) is 0 Å². The molecule has 0 atom stereocenters. The van der Waals surface area contributed by atoms with Crippen LogP contribution in [-0.2, 0) is 0 Å². The molecule has 0 unspecified atom stereocenters. The van der Waals surface area contributed by atoms with E-state index in [2.05, 4.69) is 47.4 Å². The predicted octanol–water partition coefficient (Wildman–Crippen LogP) is 4.47. The van der Waals surface area contributed by atoms with Crippen molar-refractivity contribution in [3.63, 3.8) is 0 Å². The van der Waals surface area contributed by atoms with Gasteiger partial charge in [0.25, 0.3) is 5.91 Å². The van der Waals surface area contributed by atoms with E-state index in [1.54, 1.807) is 18.2 Å². The van der Waals surface area contributed by atoms with Crippen molar-refractivity contribution in [1.82, 2.24) is 24.8 Å². The molecule has 11 heteroatoms. The third-order valence-electron chi connectivity index (χ3n) is 5.82. The molecule has 1 saturated heterocycles. The lowest BCUT2D eigenvalue weighted by molar-refractivity contribution is 0.102. The minimum absolute atomic E-state index is 0.215. The van der Waals surface area contributed by atoms with Crippen LogP contribution in [0.25, 0.3) is 11.4 Å². The van der Waals surface area contributed by atoms with Crippen molar-refractivity contribution in [1.29, 1.82) is 0 Å². The Kier molecular flexibility index (Phi) is 7.20. The average molecular weight is 519 g/mol. The standard InChI is InChI=1S/C26H24ClFN8O/c1-35-9-11-36(12-10-35)26-33-23(18-13-19(27)16-20(28)14-18)32-25(34-26)31-22-15-17(7-8-29-22)24(37)30-21-5-3-2-4-6-21/h2-8,13-16H,9-12H2,1H3,(H,30,37)(H,29,31,32,33,34). The van der Waals surface area contributed by atoms with Gasteiger partial charge in [-0.05, 0) is 49.5 Å². The summed E-state index contributed by atoms with van der Waals surface area (Å²) in [4.78, 5) is 35.0. The van der Waals surface area contributed by atoms with Gasteiger partial charge in [0.15, 0.2) is 5.82 Å². The maximum absolute atomic E-state index is 14.1. The number of likely N-dealkylation sites (N-methyl/N-ethyl adjacent to an activating group) is 1. The monoisotopic (exact) mass is 518 g/mol. The Bertz CT molecular complexity index is 1390. The minimum atomic E-state index is -0.489. The first-order valence-corrected chi connectivity index (χ1v) is 12.1. The normalized spacial score (nSPS) is 13.9. The highest BCUT2D eigenvalue weighted by atomic mass is 35.5. The van der Waals surface area contributed by atoms with Gasteiger partial charge in [0.05, 0.1) is 0 Å². The Morgan fingerprint density at radius 3 is 2.51 bits per heavy atom. The molecule has 2 N–H and O–H groups in total. The van der Waals surface area contributed by atoms with Crippen molar-refractivity contribution >= 4 is 40.9 Å². The fourth-order valence-corrected chi connectivity index (χ4v) is 4.08. The van der Waals surface area contributed by atoms with E-state index in [0.29, 0.717) is 28.6 Å². The van der Waals surface area contributed by atoms with Crippen LogP contribution in [-0.4, -0.2) is 64.0 Å². The van der Waals surface area contributed by atoms with Crippen LogP contribution < -0.4 is 15.5 Å². The second-order valence-corrected chi connectivity index (χ2v) is 9.04. The number of anilines is 4. The van der Waals surface area contributed by atoms with E-state index in [1.165, 1.54) is 18.3 Å². The van der Waals surface area contributed by atoms with E-state index in [4.69, 9.17) is 11.6 Å². The van der Waals surface area contributed by atoms with Gasteiger partial charge in [0.1, 0.15) is 11.6 Å². The summed E-state index contributed by atoms with van der Waals surface area (Å²) in [5.74, 6) is 0.550. The molecule has 3 heterocycles. The lowest BCUT2D eigenvalue weighted by Gasteiger charge is -2.32. The number of nitrogens with zero attached hydrogens (tertiary/aromatic N) is 6. The Morgan fingerprint density at radius 1 is 0.973 bits per heavy atom. The highest BCUT2D eigenvalue weighted by Gasteiger charge is 2.20. The zero-order valence-electron chi connectivity index (χ0n) is 20.0. The largest absolute Gasteiger partial charge is 0.338 e. The van der Waals surface area contributed by atoms with Gasteiger partial charge in [-0.2, -0.15) is 15.0 Å². The Balaban J connectivity index is 1.45. The molecule has 37 heavy (non-hydrogen) atoms. The Labute approximate surface area is 218 Å². The number of rotatable bonds is 6. The van der Waals surface area contributed by atoms with E-state index < -0.39 is 5.82 Å². The first-order chi connectivity index (χ1) is 17.9. The average Bonchev–Trinajstić information content (AvgIpc) is 2.89. The lowest BCUT2D eigenvalue weighted by atomic mass is 10.2. The Morgan fingerprint density at radius 2 is 1.76 bits per heavy atom. The van der Waals surface area contributed by atoms with E-state index in [1.807, 2.05) is 30.3 Å². The molecule has 0 radical (unpaired) electrons. The number of hydrogen-bond donors (Lipinski definition) is 2. The number of aromatic nitrogens is 4. The molecule has 1 fully saturated rings. The van der Waals surface area contributed by atoms with Gasteiger partial charge >= 0.3 is 0 Å². The molecular weight excluding hydrogens is 495 g/mol.